The number of hydrogen-bond donors (Lipinski definition) is 1. The van der Waals surface area contributed by atoms with Crippen LogP contribution in [0.4, 0.5) is 0 Å². The summed E-state index contributed by atoms with van der Waals surface area (Å²) in [6.07, 6.45) is 0.844. The van der Waals surface area contributed by atoms with Crippen LogP contribution in [-0.2, 0) is 11.2 Å². The van der Waals surface area contributed by atoms with Crippen molar-refractivity contribution >= 4 is 10.9 Å². The molecule has 0 saturated carbocycles. The molecule has 0 amide bonds. The molecular weight excluding hydrogens is 276 g/mol. The molecular formula is C18H20N2O2. The van der Waals surface area contributed by atoms with E-state index in [4.69, 9.17) is 9.47 Å². The van der Waals surface area contributed by atoms with Crippen molar-refractivity contribution in [2.24, 2.45) is 0 Å². The second kappa shape index (κ2) is 6.62. The lowest BCUT2D eigenvalue weighted by Gasteiger charge is -2.16. The van der Waals surface area contributed by atoms with E-state index in [1.807, 2.05) is 48.5 Å². The van der Waals surface area contributed by atoms with Gasteiger partial charge in [0.25, 0.3) is 0 Å². The van der Waals surface area contributed by atoms with Crippen molar-refractivity contribution in [2.45, 2.75) is 19.4 Å². The Kier molecular flexibility index (Phi) is 4.39. The molecule has 22 heavy (non-hydrogen) atoms. The van der Waals surface area contributed by atoms with Crippen molar-refractivity contribution in [3.63, 3.8) is 0 Å². The largest absolute Gasteiger partial charge is 0.490 e. The van der Waals surface area contributed by atoms with Crippen molar-refractivity contribution in [3.8, 4) is 5.75 Å². The number of rotatable bonds is 6. The third-order valence-electron chi connectivity index (χ3n) is 3.82. The molecule has 0 aliphatic heterocycles. The second-order valence-corrected chi connectivity index (χ2v) is 5.18. The van der Waals surface area contributed by atoms with Crippen molar-refractivity contribution in [1.82, 2.24) is 10.2 Å². The Labute approximate surface area is 130 Å². The molecule has 0 fully saturated rings. The highest BCUT2D eigenvalue weighted by Gasteiger charge is 2.12. The minimum absolute atomic E-state index is 0.0770. The zero-order chi connectivity index (χ0) is 15.4. The molecule has 1 heterocycles. The Bertz CT molecular complexity index is 737. The van der Waals surface area contributed by atoms with Gasteiger partial charge in [0.15, 0.2) is 0 Å². The number of hydrogen-bond acceptors (Lipinski definition) is 3. The minimum atomic E-state index is -0.0770. The number of nitrogens with one attached hydrogen (secondary N) is 1. The molecule has 3 rings (SSSR count). The molecule has 114 valence electrons. The Morgan fingerprint density at radius 1 is 1.14 bits per heavy atom. The van der Waals surface area contributed by atoms with Crippen LogP contribution in [0.1, 0.15) is 24.3 Å². The number of benzene rings is 2. The van der Waals surface area contributed by atoms with Crippen LogP contribution in [0.3, 0.4) is 0 Å². The zero-order valence-electron chi connectivity index (χ0n) is 12.9. The number of fused-ring (bicyclic) bond motifs is 1. The van der Waals surface area contributed by atoms with Gasteiger partial charge in [-0.1, -0.05) is 37.3 Å². The fraction of sp³-hybridized carbons (Fsp3) is 0.278. The maximum atomic E-state index is 5.92. The van der Waals surface area contributed by atoms with Crippen molar-refractivity contribution in [1.29, 1.82) is 0 Å². The smallest absolute Gasteiger partial charge is 0.120 e. The molecule has 1 atom stereocenters. The maximum Gasteiger partial charge on any atom is 0.120 e. The van der Waals surface area contributed by atoms with E-state index >= 15 is 0 Å². The van der Waals surface area contributed by atoms with Gasteiger partial charge < -0.3 is 9.47 Å². The van der Waals surface area contributed by atoms with Gasteiger partial charge in [-0.25, -0.2) is 0 Å². The third kappa shape index (κ3) is 2.97. The average Bonchev–Trinajstić information content (AvgIpc) is 2.99. The summed E-state index contributed by atoms with van der Waals surface area (Å²) in [6.45, 7) is 2.59. The Morgan fingerprint density at radius 3 is 2.68 bits per heavy atom. The summed E-state index contributed by atoms with van der Waals surface area (Å²) in [5.41, 5.74) is 3.21. The third-order valence-corrected chi connectivity index (χ3v) is 3.82. The average molecular weight is 296 g/mol. The summed E-state index contributed by atoms with van der Waals surface area (Å²) in [4.78, 5) is 0. The number of aryl methyl sites for hydroxylation is 1. The number of methoxy groups -OCH3 is 1. The lowest BCUT2D eigenvalue weighted by atomic mass is 10.1. The van der Waals surface area contributed by atoms with Gasteiger partial charge >= 0.3 is 0 Å². The molecule has 1 aromatic heterocycles. The van der Waals surface area contributed by atoms with Crippen LogP contribution in [-0.4, -0.2) is 23.9 Å². The minimum Gasteiger partial charge on any atom is -0.490 e. The summed E-state index contributed by atoms with van der Waals surface area (Å²) in [5.74, 6) is 0.835. The van der Waals surface area contributed by atoms with E-state index in [0.29, 0.717) is 6.61 Å². The molecule has 0 saturated heterocycles. The van der Waals surface area contributed by atoms with Gasteiger partial charge in [-0.3, -0.25) is 5.10 Å². The number of nitrogens with zero attached hydrogens (tertiary/aromatic N) is 1. The summed E-state index contributed by atoms with van der Waals surface area (Å²) >= 11 is 0. The van der Waals surface area contributed by atoms with Gasteiger partial charge in [0.05, 0.1) is 5.52 Å². The summed E-state index contributed by atoms with van der Waals surface area (Å²) in [6, 6.07) is 16.1. The predicted octanol–water partition coefficient (Wildman–Crippen LogP) is 3.89. The standard InChI is InChI=1S/C18H20N2O2/c1-3-16-15-11-14(9-10-17(15)20-19-16)22-12-18(21-2)13-7-5-4-6-8-13/h4-11,18H,3,12H2,1-2H3,(H,19,20). The van der Waals surface area contributed by atoms with E-state index < -0.39 is 0 Å². The number of aromatic nitrogens is 2. The normalized spacial score (nSPS) is 12.5. The number of aromatic amines is 1. The van der Waals surface area contributed by atoms with Gasteiger partial charge in [-0.2, -0.15) is 5.10 Å². The van der Waals surface area contributed by atoms with Gasteiger partial charge in [-0.05, 0) is 30.2 Å². The van der Waals surface area contributed by atoms with E-state index in [1.54, 1.807) is 7.11 Å². The first-order valence-corrected chi connectivity index (χ1v) is 7.49. The number of H-pyrrole nitrogens is 1. The van der Waals surface area contributed by atoms with Crippen LogP contribution >= 0.6 is 0 Å². The first-order valence-electron chi connectivity index (χ1n) is 7.49. The molecule has 1 N–H and O–H groups in total. The highest BCUT2D eigenvalue weighted by molar-refractivity contribution is 5.82. The van der Waals surface area contributed by atoms with Crippen LogP contribution in [0.5, 0.6) is 5.75 Å². The summed E-state index contributed by atoms with van der Waals surface area (Å²) < 4.78 is 11.5. The maximum absolute atomic E-state index is 5.92. The Morgan fingerprint density at radius 2 is 1.95 bits per heavy atom. The van der Waals surface area contributed by atoms with Crippen LogP contribution in [0.15, 0.2) is 48.5 Å². The summed E-state index contributed by atoms with van der Waals surface area (Å²) in [7, 11) is 1.70. The molecule has 0 radical (unpaired) electrons. The highest BCUT2D eigenvalue weighted by Crippen LogP contribution is 2.24. The molecule has 1 unspecified atom stereocenters. The van der Waals surface area contributed by atoms with Gasteiger partial charge in [0, 0.05) is 18.2 Å². The van der Waals surface area contributed by atoms with Crippen LogP contribution < -0.4 is 4.74 Å². The fourth-order valence-electron chi connectivity index (χ4n) is 2.54. The van der Waals surface area contributed by atoms with E-state index in [9.17, 15) is 0 Å². The fourth-order valence-corrected chi connectivity index (χ4v) is 2.54. The zero-order valence-corrected chi connectivity index (χ0v) is 12.9. The molecule has 0 bridgehead atoms. The molecule has 4 nitrogen and oxygen atoms in total. The molecule has 3 aromatic rings. The van der Waals surface area contributed by atoms with Gasteiger partial charge in [0.1, 0.15) is 18.5 Å². The number of ether oxygens (including phenoxy) is 2. The Hall–Kier alpha value is -2.33. The van der Waals surface area contributed by atoms with Crippen molar-refractivity contribution in [3.05, 3.63) is 59.8 Å². The Balaban J connectivity index is 1.75. The van der Waals surface area contributed by atoms with Crippen molar-refractivity contribution < 1.29 is 9.47 Å². The SMILES string of the molecule is CCc1[nH]nc2ccc(OCC(OC)c3ccccc3)cc12. The predicted molar refractivity (Wildman–Crippen MR) is 87.2 cm³/mol. The molecule has 0 spiro atoms. The lowest BCUT2D eigenvalue weighted by molar-refractivity contribution is 0.0576. The van der Waals surface area contributed by atoms with Crippen molar-refractivity contribution in [2.75, 3.05) is 13.7 Å². The monoisotopic (exact) mass is 296 g/mol. The van der Waals surface area contributed by atoms with Gasteiger partial charge in [0.2, 0.25) is 0 Å². The van der Waals surface area contributed by atoms with E-state index in [-0.39, 0.29) is 6.10 Å². The first kappa shape index (κ1) is 14.6. The van der Waals surface area contributed by atoms with Crippen LogP contribution in [0.2, 0.25) is 0 Å². The molecule has 0 aliphatic rings. The quantitative estimate of drug-likeness (QED) is 0.750. The van der Waals surface area contributed by atoms with Gasteiger partial charge in [-0.15, -0.1) is 0 Å². The molecule has 4 heteroatoms. The molecule has 0 aliphatic carbocycles. The van der Waals surface area contributed by atoms with E-state index in [1.165, 1.54) is 0 Å². The van der Waals surface area contributed by atoms with Crippen LogP contribution in [0.25, 0.3) is 10.9 Å². The first-order chi connectivity index (χ1) is 10.8. The molecule has 2 aromatic carbocycles. The van der Waals surface area contributed by atoms with E-state index in [2.05, 4.69) is 17.1 Å². The van der Waals surface area contributed by atoms with E-state index in [0.717, 1.165) is 34.3 Å². The highest BCUT2D eigenvalue weighted by atomic mass is 16.5. The summed E-state index contributed by atoms with van der Waals surface area (Å²) in [5, 5.41) is 8.47. The second-order valence-electron chi connectivity index (χ2n) is 5.18. The topological polar surface area (TPSA) is 47.1 Å². The lowest BCUT2D eigenvalue weighted by Crippen LogP contribution is -2.12. The van der Waals surface area contributed by atoms with Crippen LogP contribution in [0, 0.1) is 0 Å².